The summed E-state index contributed by atoms with van der Waals surface area (Å²) >= 11 is 1.40. The monoisotopic (exact) mass is 390 g/mol. The third-order valence-electron chi connectivity index (χ3n) is 4.55. The number of hydrogen-bond acceptors (Lipinski definition) is 4. The number of ether oxygens (including phenoxy) is 1. The molecule has 0 aliphatic rings. The average Bonchev–Trinajstić information content (AvgIpc) is 3.05. The Morgan fingerprint density at radius 3 is 2.68 bits per heavy atom. The first-order valence-corrected chi connectivity index (χ1v) is 9.62. The highest BCUT2D eigenvalue weighted by Crippen LogP contribution is 2.27. The van der Waals surface area contributed by atoms with E-state index in [4.69, 9.17) is 4.74 Å². The molecule has 0 fully saturated rings. The van der Waals surface area contributed by atoms with Crippen LogP contribution in [0, 0.1) is 6.92 Å². The van der Waals surface area contributed by atoms with E-state index in [0.29, 0.717) is 10.4 Å². The number of rotatable bonds is 3. The highest BCUT2D eigenvalue weighted by molar-refractivity contribution is 7.17. The van der Waals surface area contributed by atoms with E-state index in [9.17, 15) is 9.59 Å². The molecule has 5 nitrogen and oxygen atoms in total. The first kappa shape index (κ1) is 18.1. The van der Waals surface area contributed by atoms with Crippen molar-refractivity contribution in [2.24, 2.45) is 4.99 Å². The van der Waals surface area contributed by atoms with Crippen molar-refractivity contribution < 1.29 is 14.3 Å². The lowest BCUT2D eigenvalue weighted by Gasteiger charge is -2.05. The molecule has 0 saturated heterocycles. The van der Waals surface area contributed by atoms with Gasteiger partial charge in [-0.05, 0) is 30.5 Å². The molecule has 1 heterocycles. The smallest absolute Gasteiger partial charge is 0.325 e. The number of aryl methyl sites for hydroxylation is 1. The highest BCUT2D eigenvalue weighted by atomic mass is 32.1. The number of nitrogens with zero attached hydrogens (tertiary/aromatic N) is 2. The second-order valence-electron chi connectivity index (χ2n) is 6.47. The summed E-state index contributed by atoms with van der Waals surface area (Å²) in [7, 11) is 1.35. The third kappa shape index (κ3) is 3.34. The summed E-state index contributed by atoms with van der Waals surface area (Å²) in [6.45, 7) is 1.93. The second kappa shape index (κ2) is 7.40. The Labute approximate surface area is 165 Å². The molecule has 0 saturated carbocycles. The number of aromatic nitrogens is 1. The van der Waals surface area contributed by atoms with E-state index in [0.717, 1.165) is 26.6 Å². The normalized spacial score (nSPS) is 11.9. The number of hydrogen-bond donors (Lipinski definition) is 0. The lowest BCUT2D eigenvalue weighted by atomic mass is 10.1. The number of carbonyl (C=O) groups is 2. The predicted octanol–water partition coefficient (Wildman–Crippen LogP) is 4.08. The Morgan fingerprint density at radius 1 is 1.07 bits per heavy atom. The van der Waals surface area contributed by atoms with Crippen LogP contribution in [-0.2, 0) is 16.1 Å². The summed E-state index contributed by atoms with van der Waals surface area (Å²) in [5.74, 6) is -0.726. The molecule has 1 aromatic heterocycles. The number of fused-ring (bicyclic) bond motifs is 3. The molecule has 1 amide bonds. The fourth-order valence-electron chi connectivity index (χ4n) is 3.16. The van der Waals surface area contributed by atoms with E-state index in [1.165, 1.54) is 18.4 Å². The molecule has 0 atom stereocenters. The molecule has 0 unspecified atom stereocenters. The molecule has 0 N–H and O–H groups in total. The van der Waals surface area contributed by atoms with Crippen LogP contribution < -0.4 is 4.80 Å². The van der Waals surface area contributed by atoms with Crippen LogP contribution in [0.15, 0.2) is 65.7 Å². The van der Waals surface area contributed by atoms with E-state index in [1.54, 1.807) is 16.7 Å². The molecule has 0 bridgehead atoms. The van der Waals surface area contributed by atoms with Gasteiger partial charge in [-0.15, -0.1) is 0 Å². The van der Waals surface area contributed by atoms with Gasteiger partial charge < -0.3 is 9.30 Å². The van der Waals surface area contributed by atoms with Crippen LogP contribution in [0.5, 0.6) is 0 Å². The van der Waals surface area contributed by atoms with Crippen LogP contribution in [0.2, 0.25) is 0 Å². The van der Waals surface area contributed by atoms with E-state index in [-0.39, 0.29) is 12.5 Å². The molecule has 6 heteroatoms. The van der Waals surface area contributed by atoms with Gasteiger partial charge in [0.05, 0.1) is 17.3 Å². The third-order valence-corrected chi connectivity index (χ3v) is 5.68. The zero-order chi connectivity index (χ0) is 19.7. The summed E-state index contributed by atoms with van der Waals surface area (Å²) < 4.78 is 7.56. The van der Waals surface area contributed by atoms with Gasteiger partial charge in [0.15, 0.2) is 4.80 Å². The predicted molar refractivity (Wildman–Crippen MR) is 110 cm³/mol. The molecule has 0 aliphatic carbocycles. The number of carbonyl (C=O) groups excluding carboxylic acids is 2. The van der Waals surface area contributed by atoms with Crippen molar-refractivity contribution in [2.45, 2.75) is 13.5 Å². The van der Waals surface area contributed by atoms with Gasteiger partial charge in [0, 0.05) is 10.9 Å². The molecule has 0 radical (unpaired) electrons. The standard InChI is InChI=1S/C22H18N2O3S/c1-14-6-5-8-16(12-14)21(26)23-22-24(13-19(25)27-2)18-11-10-15-7-3-4-9-17(15)20(18)28-22/h3-12H,13H2,1-2H3. The minimum absolute atomic E-state index is 0.00519. The second-order valence-corrected chi connectivity index (χ2v) is 7.45. The van der Waals surface area contributed by atoms with Crippen molar-refractivity contribution >= 4 is 44.2 Å². The van der Waals surface area contributed by atoms with Crippen molar-refractivity contribution in [1.29, 1.82) is 0 Å². The Morgan fingerprint density at radius 2 is 1.89 bits per heavy atom. The van der Waals surface area contributed by atoms with Crippen molar-refractivity contribution in [1.82, 2.24) is 4.57 Å². The Balaban J connectivity index is 1.95. The van der Waals surface area contributed by atoms with Crippen molar-refractivity contribution in [3.63, 3.8) is 0 Å². The Hall–Kier alpha value is -3.25. The molecule has 3 aromatic carbocycles. The van der Waals surface area contributed by atoms with Crippen LogP contribution in [-0.4, -0.2) is 23.6 Å². The molecule has 4 aromatic rings. The molecule has 0 spiro atoms. The maximum atomic E-state index is 12.7. The molecule has 0 aliphatic heterocycles. The zero-order valence-corrected chi connectivity index (χ0v) is 16.3. The minimum atomic E-state index is -0.391. The Bertz CT molecular complexity index is 1280. The van der Waals surface area contributed by atoms with Crippen molar-refractivity contribution in [3.05, 3.63) is 76.6 Å². The first-order valence-electron chi connectivity index (χ1n) is 8.80. The van der Waals surface area contributed by atoms with Crippen molar-refractivity contribution in [3.8, 4) is 0 Å². The van der Waals surface area contributed by atoms with Gasteiger partial charge in [-0.1, -0.05) is 59.4 Å². The van der Waals surface area contributed by atoms with Gasteiger partial charge in [-0.2, -0.15) is 4.99 Å². The number of thiazole rings is 1. The lowest BCUT2D eigenvalue weighted by molar-refractivity contribution is -0.141. The van der Waals surface area contributed by atoms with E-state index in [1.807, 2.05) is 55.5 Å². The molecule has 140 valence electrons. The molecule has 28 heavy (non-hydrogen) atoms. The summed E-state index contributed by atoms with van der Waals surface area (Å²) in [5, 5.41) is 2.16. The summed E-state index contributed by atoms with van der Waals surface area (Å²) in [6.07, 6.45) is 0. The van der Waals surface area contributed by atoms with Gasteiger partial charge in [-0.3, -0.25) is 9.59 Å². The number of methoxy groups -OCH3 is 1. The quantitative estimate of drug-likeness (QED) is 0.495. The average molecular weight is 390 g/mol. The number of esters is 1. The first-order chi connectivity index (χ1) is 13.6. The number of benzene rings is 3. The van der Waals surface area contributed by atoms with Crippen LogP contribution >= 0.6 is 11.3 Å². The van der Waals surface area contributed by atoms with Gasteiger partial charge >= 0.3 is 5.97 Å². The SMILES string of the molecule is COC(=O)Cn1c(=NC(=O)c2cccc(C)c2)sc2c3ccccc3ccc21. The molecular formula is C22H18N2O3S. The van der Waals surface area contributed by atoms with Gasteiger partial charge in [0.25, 0.3) is 5.91 Å². The lowest BCUT2D eigenvalue weighted by Crippen LogP contribution is -2.22. The summed E-state index contributed by atoms with van der Waals surface area (Å²) in [4.78, 5) is 29.5. The van der Waals surface area contributed by atoms with Gasteiger partial charge in [0.2, 0.25) is 0 Å². The van der Waals surface area contributed by atoms with Gasteiger partial charge in [0.1, 0.15) is 6.54 Å². The van der Waals surface area contributed by atoms with Crippen LogP contribution in [0.4, 0.5) is 0 Å². The minimum Gasteiger partial charge on any atom is -0.468 e. The fourth-order valence-corrected chi connectivity index (χ4v) is 4.32. The topological polar surface area (TPSA) is 60.7 Å². The molecular weight excluding hydrogens is 372 g/mol. The highest BCUT2D eigenvalue weighted by Gasteiger charge is 2.14. The maximum Gasteiger partial charge on any atom is 0.325 e. The van der Waals surface area contributed by atoms with Crippen LogP contribution in [0.25, 0.3) is 21.0 Å². The summed E-state index contributed by atoms with van der Waals surface area (Å²) in [5.41, 5.74) is 2.36. The summed E-state index contributed by atoms with van der Waals surface area (Å²) in [6, 6.07) is 19.3. The zero-order valence-electron chi connectivity index (χ0n) is 15.5. The van der Waals surface area contributed by atoms with Gasteiger partial charge in [-0.25, -0.2) is 0 Å². The van der Waals surface area contributed by atoms with E-state index < -0.39 is 5.97 Å². The largest absolute Gasteiger partial charge is 0.468 e. The fraction of sp³-hybridized carbons (Fsp3) is 0.136. The van der Waals surface area contributed by atoms with E-state index in [2.05, 4.69) is 4.99 Å². The van der Waals surface area contributed by atoms with E-state index >= 15 is 0 Å². The van der Waals surface area contributed by atoms with Crippen molar-refractivity contribution in [2.75, 3.05) is 7.11 Å². The molecule has 4 rings (SSSR count). The maximum absolute atomic E-state index is 12.7. The number of amides is 1. The van der Waals surface area contributed by atoms with Crippen LogP contribution in [0.3, 0.4) is 0 Å². The Kier molecular flexibility index (Phi) is 4.79. The van der Waals surface area contributed by atoms with Crippen LogP contribution in [0.1, 0.15) is 15.9 Å².